The Labute approximate surface area is 85.8 Å². The lowest BCUT2D eigenvalue weighted by atomic mass is 10.3. The Morgan fingerprint density at radius 1 is 1.67 bits per heavy atom. The van der Waals surface area contributed by atoms with Gasteiger partial charge in [-0.25, -0.2) is 9.89 Å². The largest absolute Gasteiger partial charge is 0.355 e. The van der Waals surface area contributed by atoms with Gasteiger partial charge in [0, 0.05) is 13.0 Å². The van der Waals surface area contributed by atoms with Gasteiger partial charge in [-0.15, -0.1) is 0 Å². The number of carbonyl (C=O) groups excluding carboxylic acids is 1. The first-order valence-corrected chi connectivity index (χ1v) is 4.76. The number of H-pyrrole nitrogens is 2. The first kappa shape index (κ1) is 9.70. The van der Waals surface area contributed by atoms with Crippen LogP contribution in [0.15, 0.2) is 16.9 Å². The molecule has 3 N–H and O–H groups in total. The van der Waals surface area contributed by atoms with E-state index in [0.717, 1.165) is 12.0 Å². The van der Waals surface area contributed by atoms with E-state index in [9.17, 15) is 9.59 Å². The van der Waals surface area contributed by atoms with Gasteiger partial charge in [0.25, 0.3) is 0 Å². The molecule has 1 saturated carbocycles. The van der Waals surface area contributed by atoms with Crippen LogP contribution in [0.25, 0.3) is 0 Å². The zero-order valence-corrected chi connectivity index (χ0v) is 8.17. The van der Waals surface area contributed by atoms with E-state index in [1.54, 1.807) is 0 Å². The molecule has 0 bridgehead atoms. The summed E-state index contributed by atoms with van der Waals surface area (Å²) in [5.74, 6) is 0.566. The lowest BCUT2D eigenvalue weighted by Crippen LogP contribution is -2.27. The zero-order valence-electron chi connectivity index (χ0n) is 8.17. The van der Waals surface area contributed by atoms with Crippen LogP contribution in [0.2, 0.25) is 0 Å². The lowest BCUT2D eigenvalue weighted by Gasteiger charge is -2.00. The molecule has 1 fully saturated rings. The summed E-state index contributed by atoms with van der Waals surface area (Å²) in [4.78, 5) is 24.5. The molecule has 1 aromatic rings. The van der Waals surface area contributed by atoms with Crippen molar-refractivity contribution >= 4 is 5.91 Å². The Kier molecular flexibility index (Phi) is 2.40. The number of aromatic nitrogens is 3. The predicted molar refractivity (Wildman–Crippen MR) is 53.2 cm³/mol. The molecule has 0 spiro atoms. The lowest BCUT2D eigenvalue weighted by molar-refractivity contribution is -0.121. The van der Waals surface area contributed by atoms with Gasteiger partial charge in [0.1, 0.15) is 5.82 Å². The van der Waals surface area contributed by atoms with Crippen LogP contribution in [0.3, 0.4) is 0 Å². The fraction of sp³-hybridized carbons (Fsp3) is 0.444. The van der Waals surface area contributed by atoms with Crippen molar-refractivity contribution in [2.24, 2.45) is 5.92 Å². The minimum Gasteiger partial charge on any atom is -0.355 e. The van der Waals surface area contributed by atoms with E-state index in [0.29, 0.717) is 18.8 Å². The van der Waals surface area contributed by atoms with Gasteiger partial charge in [-0.1, -0.05) is 12.2 Å². The number of carbonyl (C=O) groups is 1. The van der Waals surface area contributed by atoms with Crippen molar-refractivity contribution in [2.75, 3.05) is 6.54 Å². The molecule has 6 nitrogen and oxygen atoms in total. The fourth-order valence-corrected chi connectivity index (χ4v) is 1.33. The third kappa shape index (κ3) is 2.34. The summed E-state index contributed by atoms with van der Waals surface area (Å²) in [6, 6.07) is 0. The molecular weight excluding hydrogens is 196 g/mol. The maximum absolute atomic E-state index is 11.3. The smallest absolute Gasteiger partial charge is 0.340 e. The SMILES string of the molecule is C=C1CC1C(=O)NCCc1n[nH]c(=O)[nH]1. The van der Waals surface area contributed by atoms with E-state index >= 15 is 0 Å². The fourth-order valence-electron chi connectivity index (χ4n) is 1.33. The Bertz CT molecular complexity index is 445. The van der Waals surface area contributed by atoms with E-state index < -0.39 is 0 Å². The summed E-state index contributed by atoms with van der Waals surface area (Å²) in [7, 11) is 0. The molecule has 0 aromatic carbocycles. The van der Waals surface area contributed by atoms with Crippen molar-refractivity contribution in [2.45, 2.75) is 12.8 Å². The van der Waals surface area contributed by atoms with E-state index in [1.807, 2.05) is 0 Å². The number of amides is 1. The van der Waals surface area contributed by atoms with E-state index in [1.165, 1.54) is 0 Å². The zero-order chi connectivity index (χ0) is 10.8. The normalized spacial score (nSPS) is 18.9. The molecule has 1 amide bonds. The molecule has 2 rings (SSSR count). The second-order valence-electron chi connectivity index (χ2n) is 3.58. The van der Waals surface area contributed by atoms with Gasteiger partial charge in [0.15, 0.2) is 0 Å². The molecule has 1 aromatic heterocycles. The Hall–Kier alpha value is -1.85. The minimum absolute atomic E-state index is 0.00299. The van der Waals surface area contributed by atoms with E-state index in [4.69, 9.17) is 0 Å². The monoisotopic (exact) mass is 208 g/mol. The molecule has 80 valence electrons. The first-order chi connectivity index (χ1) is 7.16. The van der Waals surface area contributed by atoms with Crippen LogP contribution < -0.4 is 11.0 Å². The molecule has 1 unspecified atom stereocenters. The second kappa shape index (κ2) is 3.72. The summed E-state index contributed by atoms with van der Waals surface area (Å²) in [6.45, 7) is 4.19. The minimum atomic E-state index is -0.327. The second-order valence-corrected chi connectivity index (χ2v) is 3.58. The summed E-state index contributed by atoms with van der Waals surface area (Å²) in [5.41, 5.74) is 0.660. The van der Waals surface area contributed by atoms with Gasteiger partial charge in [-0.05, 0) is 6.42 Å². The standard InChI is InChI=1S/C9H12N4O2/c1-5-4-6(5)8(14)10-3-2-7-11-9(15)13-12-7/h6H,1-4H2,(H,10,14)(H2,11,12,13,15). The van der Waals surface area contributed by atoms with Crippen LogP contribution in [0, 0.1) is 5.92 Å². The van der Waals surface area contributed by atoms with Crippen molar-refractivity contribution in [1.82, 2.24) is 20.5 Å². The molecular formula is C9H12N4O2. The molecule has 0 radical (unpaired) electrons. The van der Waals surface area contributed by atoms with Crippen LogP contribution in [-0.4, -0.2) is 27.6 Å². The number of rotatable bonds is 4. The summed E-state index contributed by atoms with van der Waals surface area (Å²) >= 11 is 0. The number of hydrogen-bond acceptors (Lipinski definition) is 3. The van der Waals surface area contributed by atoms with E-state index in [2.05, 4.69) is 27.1 Å². The quantitative estimate of drug-likeness (QED) is 0.573. The Morgan fingerprint density at radius 3 is 2.93 bits per heavy atom. The summed E-state index contributed by atoms with van der Waals surface area (Å²) in [6.07, 6.45) is 1.31. The average Bonchev–Trinajstić information content (AvgIpc) is 2.78. The maximum Gasteiger partial charge on any atom is 0.340 e. The third-order valence-corrected chi connectivity index (χ3v) is 2.33. The van der Waals surface area contributed by atoms with Crippen molar-refractivity contribution in [3.63, 3.8) is 0 Å². The van der Waals surface area contributed by atoms with Crippen LogP contribution in [0.5, 0.6) is 0 Å². The third-order valence-electron chi connectivity index (χ3n) is 2.33. The molecule has 6 heteroatoms. The van der Waals surface area contributed by atoms with Gasteiger partial charge < -0.3 is 5.32 Å². The molecule has 0 aliphatic heterocycles. The van der Waals surface area contributed by atoms with Gasteiger partial charge in [-0.3, -0.25) is 9.78 Å². The van der Waals surface area contributed by atoms with Gasteiger partial charge in [-0.2, -0.15) is 5.10 Å². The molecule has 1 heterocycles. The van der Waals surface area contributed by atoms with Gasteiger partial charge in [0.2, 0.25) is 5.91 Å². The molecule has 1 aliphatic rings. The predicted octanol–water partition coefficient (Wildman–Crippen LogP) is -0.667. The van der Waals surface area contributed by atoms with Gasteiger partial charge in [0.05, 0.1) is 5.92 Å². The van der Waals surface area contributed by atoms with Gasteiger partial charge >= 0.3 is 5.69 Å². The van der Waals surface area contributed by atoms with Crippen molar-refractivity contribution in [1.29, 1.82) is 0 Å². The topological polar surface area (TPSA) is 90.6 Å². The molecule has 15 heavy (non-hydrogen) atoms. The summed E-state index contributed by atoms with van der Waals surface area (Å²) in [5, 5.41) is 8.74. The van der Waals surface area contributed by atoms with Crippen molar-refractivity contribution in [3.8, 4) is 0 Å². The van der Waals surface area contributed by atoms with Crippen LogP contribution in [0.1, 0.15) is 12.2 Å². The molecule has 1 aliphatic carbocycles. The average molecular weight is 208 g/mol. The van der Waals surface area contributed by atoms with Crippen molar-refractivity contribution < 1.29 is 4.79 Å². The highest BCUT2D eigenvalue weighted by Gasteiger charge is 2.34. The highest BCUT2D eigenvalue weighted by atomic mass is 16.2. The number of nitrogens with zero attached hydrogens (tertiary/aromatic N) is 1. The number of nitrogens with one attached hydrogen (secondary N) is 3. The maximum atomic E-state index is 11.3. The van der Waals surface area contributed by atoms with Crippen LogP contribution in [-0.2, 0) is 11.2 Å². The molecule has 1 atom stereocenters. The summed E-state index contributed by atoms with van der Waals surface area (Å²) < 4.78 is 0. The molecule has 0 saturated heterocycles. The van der Waals surface area contributed by atoms with Crippen LogP contribution >= 0.6 is 0 Å². The first-order valence-electron chi connectivity index (χ1n) is 4.76. The Balaban J connectivity index is 1.73. The van der Waals surface area contributed by atoms with Crippen molar-refractivity contribution in [3.05, 3.63) is 28.5 Å². The van der Waals surface area contributed by atoms with E-state index in [-0.39, 0.29) is 17.5 Å². The number of hydrogen-bond donors (Lipinski definition) is 3. The Morgan fingerprint density at radius 2 is 2.40 bits per heavy atom. The number of aromatic amines is 2. The highest BCUT2D eigenvalue weighted by Crippen LogP contribution is 2.35. The van der Waals surface area contributed by atoms with Crippen LogP contribution in [0.4, 0.5) is 0 Å². The highest BCUT2D eigenvalue weighted by molar-refractivity contribution is 5.85.